The molecule has 0 spiro atoms. The van der Waals surface area contributed by atoms with E-state index in [-0.39, 0.29) is 12.0 Å². The lowest BCUT2D eigenvalue weighted by Crippen LogP contribution is -2.40. The summed E-state index contributed by atoms with van der Waals surface area (Å²) >= 11 is 0. The van der Waals surface area contributed by atoms with Gasteiger partial charge in [0.15, 0.2) is 0 Å². The number of allylic oxidation sites excluding steroid dienone is 1. The maximum Gasteiger partial charge on any atom is 0.334 e. The van der Waals surface area contributed by atoms with Crippen molar-refractivity contribution < 1.29 is 33.7 Å². The summed E-state index contributed by atoms with van der Waals surface area (Å²) in [7, 11) is 0. The number of rotatable bonds is 3. The van der Waals surface area contributed by atoms with E-state index < -0.39 is 47.7 Å². The summed E-state index contributed by atoms with van der Waals surface area (Å²) in [5.74, 6) is -2.30. The Morgan fingerprint density at radius 1 is 1.34 bits per heavy atom. The molecular weight excluding hydrogens is 376 g/mol. The predicted molar refractivity (Wildman–Crippen MR) is 106 cm³/mol. The molecule has 5 atom stereocenters. The van der Waals surface area contributed by atoms with E-state index >= 15 is 0 Å². The predicted octanol–water partition coefficient (Wildman–Crippen LogP) is 2.55. The number of esters is 3. The molecule has 0 amide bonds. The van der Waals surface area contributed by atoms with Crippen LogP contribution in [0.2, 0.25) is 0 Å². The van der Waals surface area contributed by atoms with Gasteiger partial charge in [0.1, 0.15) is 18.3 Å². The van der Waals surface area contributed by atoms with E-state index in [9.17, 15) is 19.5 Å². The zero-order valence-electron chi connectivity index (χ0n) is 17.4. The normalized spacial score (nSPS) is 35.7. The quantitative estimate of drug-likeness (QED) is 0.334. The molecule has 0 aromatic carbocycles. The molecule has 7 heteroatoms. The Hall–Kier alpha value is -2.67. The molecule has 1 saturated heterocycles. The average Bonchev–Trinajstić information content (AvgIpc) is 2.89. The third-order valence-electron chi connectivity index (χ3n) is 5.09. The van der Waals surface area contributed by atoms with Gasteiger partial charge >= 0.3 is 17.9 Å². The van der Waals surface area contributed by atoms with Crippen LogP contribution in [0.4, 0.5) is 0 Å². The second kappa shape index (κ2) is 8.78. The zero-order valence-corrected chi connectivity index (χ0v) is 17.4. The van der Waals surface area contributed by atoms with Crippen LogP contribution < -0.4 is 0 Å². The van der Waals surface area contributed by atoms with E-state index in [4.69, 9.17) is 14.2 Å². The fourth-order valence-electron chi connectivity index (χ4n) is 3.36. The highest BCUT2D eigenvalue weighted by atomic mass is 16.6. The first-order valence-corrected chi connectivity index (χ1v) is 9.46. The number of fused-ring (bicyclic) bond motifs is 1. The highest BCUT2D eigenvalue weighted by Crippen LogP contribution is 2.37. The van der Waals surface area contributed by atoms with Crippen LogP contribution >= 0.6 is 0 Å². The second-order valence-electron chi connectivity index (χ2n) is 7.70. The van der Waals surface area contributed by atoms with Gasteiger partial charge < -0.3 is 19.3 Å². The van der Waals surface area contributed by atoms with Crippen LogP contribution in [0.5, 0.6) is 0 Å². The van der Waals surface area contributed by atoms with E-state index in [1.165, 1.54) is 13.0 Å². The third kappa shape index (κ3) is 5.44. The molecule has 0 unspecified atom stereocenters. The molecule has 29 heavy (non-hydrogen) atoms. The molecule has 1 fully saturated rings. The summed E-state index contributed by atoms with van der Waals surface area (Å²) in [5, 5.41) is 10.9. The Bertz CT molecular complexity index is 800. The number of aliphatic hydroxyl groups is 1. The van der Waals surface area contributed by atoms with Crippen molar-refractivity contribution in [1.82, 2.24) is 0 Å². The molecule has 0 saturated carbocycles. The van der Waals surface area contributed by atoms with Crippen LogP contribution in [0.1, 0.15) is 41.0 Å². The van der Waals surface area contributed by atoms with Crippen molar-refractivity contribution in [3.63, 3.8) is 0 Å². The summed E-state index contributed by atoms with van der Waals surface area (Å²) in [6.45, 7) is 11.7. The molecule has 0 aromatic rings. The maximum atomic E-state index is 12.4. The Morgan fingerprint density at radius 2 is 2.00 bits per heavy atom. The Labute approximate surface area is 170 Å². The van der Waals surface area contributed by atoms with E-state index in [1.54, 1.807) is 45.9 Å². The molecular formula is C22H28O7. The van der Waals surface area contributed by atoms with Gasteiger partial charge in [0, 0.05) is 24.5 Å². The van der Waals surface area contributed by atoms with Crippen molar-refractivity contribution in [2.24, 2.45) is 5.92 Å². The van der Waals surface area contributed by atoms with Crippen molar-refractivity contribution in [2.75, 3.05) is 0 Å². The van der Waals surface area contributed by atoms with Crippen LogP contribution in [-0.2, 0) is 28.6 Å². The van der Waals surface area contributed by atoms with E-state index in [1.807, 2.05) is 0 Å². The number of hydrogen-bond donors (Lipinski definition) is 1. The summed E-state index contributed by atoms with van der Waals surface area (Å²) in [6, 6.07) is 0. The zero-order chi connectivity index (χ0) is 21.9. The third-order valence-corrected chi connectivity index (χ3v) is 5.09. The minimum absolute atomic E-state index is 0.00272. The molecule has 1 aliphatic carbocycles. The summed E-state index contributed by atoms with van der Waals surface area (Å²) in [5.41, 5.74) is -0.214. The van der Waals surface area contributed by atoms with Gasteiger partial charge in [-0.3, -0.25) is 4.79 Å². The molecule has 7 nitrogen and oxygen atoms in total. The van der Waals surface area contributed by atoms with Crippen molar-refractivity contribution >= 4 is 17.9 Å². The second-order valence-corrected chi connectivity index (χ2v) is 7.70. The number of hydrogen-bond acceptors (Lipinski definition) is 7. The van der Waals surface area contributed by atoms with Crippen LogP contribution in [0.15, 0.2) is 47.6 Å². The lowest BCUT2D eigenvalue weighted by Gasteiger charge is -2.32. The molecule has 2 rings (SSSR count). The molecule has 0 bridgehead atoms. The van der Waals surface area contributed by atoms with Crippen LogP contribution in [-0.4, -0.2) is 46.9 Å². The van der Waals surface area contributed by atoms with Crippen LogP contribution in [0.3, 0.4) is 0 Å². The molecule has 0 radical (unpaired) electrons. The van der Waals surface area contributed by atoms with Crippen LogP contribution in [0.25, 0.3) is 0 Å². The van der Waals surface area contributed by atoms with Gasteiger partial charge in [-0.1, -0.05) is 18.7 Å². The summed E-state index contributed by atoms with van der Waals surface area (Å²) < 4.78 is 16.4. The Kier molecular flexibility index (Phi) is 6.85. The first-order valence-electron chi connectivity index (χ1n) is 9.46. The Morgan fingerprint density at radius 3 is 2.59 bits per heavy atom. The largest absolute Gasteiger partial charge is 0.458 e. The fraction of sp³-hybridized carbons (Fsp3) is 0.500. The van der Waals surface area contributed by atoms with Crippen molar-refractivity contribution in [3.8, 4) is 0 Å². The van der Waals surface area contributed by atoms with Gasteiger partial charge in [-0.05, 0) is 45.4 Å². The first kappa shape index (κ1) is 22.6. The van der Waals surface area contributed by atoms with E-state index in [2.05, 4.69) is 6.58 Å². The van der Waals surface area contributed by atoms with Gasteiger partial charge in [-0.15, -0.1) is 0 Å². The van der Waals surface area contributed by atoms with Gasteiger partial charge in [0.05, 0.1) is 11.5 Å². The maximum absolute atomic E-state index is 12.4. The van der Waals surface area contributed by atoms with Crippen LogP contribution in [0, 0.1) is 5.92 Å². The Balaban J connectivity index is 2.51. The molecule has 0 aromatic heterocycles. The standard InChI is InChI=1S/C22H28O7/c1-7-12(2)20(24)29-18-11-22(6,26)9-8-16(27-15(5)23)13(3)10-17-19(18)14(4)21(25)28-17/h7-10,16-19,26H,4,11H2,1-3,5-6H3/b9-8+,12-7-,13-10-/t16-,17-,18+,19+,22-/m0/s1. The first-order chi connectivity index (χ1) is 13.4. The van der Waals surface area contributed by atoms with Gasteiger partial charge in [-0.2, -0.15) is 0 Å². The smallest absolute Gasteiger partial charge is 0.334 e. The van der Waals surface area contributed by atoms with E-state index in [0.29, 0.717) is 11.1 Å². The number of carbonyl (C=O) groups excluding carboxylic acids is 3. The van der Waals surface area contributed by atoms with Gasteiger partial charge in [-0.25, -0.2) is 9.59 Å². The monoisotopic (exact) mass is 404 g/mol. The molecule has 1 aliphatic heterocycles. The topological polar surface area (TPSA) is 99.1 Å². The molecule has 1 heterocycles. The molecule has 1 N–H and O–H groups in total. The number of carbonyl (C=O) groups is 3. The van der Waals surface area contributed by atoms with Gasteiger partial charge in [0.2, 0.25) is 0 Å². The highest BCUT2D eigenvalue weighted by molar-refractivity contribution is 5.92. The lowest BCUT2D eigenvalue weighted by molar-refractivity contribution is -0.150. The van der Waals surface area contributed by atoms with Crippen molar-refractivity contribution in [1.29, 1.82) is 0 Å². The minimum atomic E-state index is -1.40. The summed E-state index contributed by atoms with van der Waals surface area (Å²) in [6.07, 6.45) is 4.02. The number of ether oxygens (including phenoxy) is 3. The highest BCUT2D eigenvalue weighted by Gasteiger charge is 2.46. The average molecular weight is 404 g/mol. The minimum Gasteiger partial charge on any atom is -0.458 e. The van der Waals surface area contributed by atoms with E-state index in [0.717, 1.165) is 0 Å². The molecule has 158 valence electrons. The fourth-order valence-corrected chi connectivity index (χ4v) is 3.36. The van der Waals surface area contributed by atoms with Gasteiger partial charge in [0.25, 0.3) is 0 Å². The molecule has 2 aliphatic rings. The van der Waals surface area contributed by atoms with Crippen molar-refractivity contribution in [3.05, 3.63) is 47.6 Å². The lowest BCUT2D eigenvalue weighted by atomic mass is 9.82. The summed E-state index contributed by atoms with van der Waals surface area (Å²) in [4.78, 5) is 36.1. The van der Waals surface area contributed by atoms with Crippen molar-refractivity contribution in [2.45, 2.75) is 65.0 Å². The SMILES string of the molecule is C=C1C(=O)O[C@H]2/C=C(/C)[C@@H](OC(C)=O)/C=C/[C@](C)(O)C[C@@H](OC(=O)/C(C)=C\C)[C@H]12.